The number of nitrogens with two attached hydrogens (primary N) is 1. The number of nitrogen functional groups attached to an aromatic ring is 1. The van der Waals surface area contributed by atoms with E-state index in [9.17, 15) is 9.00 Å². The highest BCUT2D eigenvalue weighted by atomic mass is 32.2. The van der Waals surface area contributed by atoms with Crippen molar-refractivity contribution in [3.63, 3.8) is 0 Å². The van der Waals surface area contributed by atoms with Crippen molar-refractivity contribution in [1.82, 2.24) is 9.88 Å². The van der Waals surface area contributed by atoms with Crippen molar-refractivity contribution in [2.45, 2.75) is 19.6 Å². The lowest BCUT2D eigenvalue weighted by atomic mass is 10.1. The van der Waals surface area contributed by atoms with Crippen molar-refractivity contribution >= 4 is 22.4 Å². The summed E-state index contributed by atoms with van der Waals surface area (Å²) < 4.78 is 11.9. The van der Waals surface area contributed by atoms with Gasteiger partial charge in [-0.3, -0.25) is 14.0 Å². The molecule has 0 spiro atoms. The second-order valence-electron chi connectivity index (χ2n) is 4.44. The van der Waals surface area contributed by atoms with Gasteiger partial charge in [-0.25, -0.2) is 0 Å². The Balaban J connectivity index is 2.77. The summed E-state index contributed by atoms with van der Waals surface area (Å²) in [5, 5.41) is 0. The standard InChI is InChI=1S/C12H19N3O2S/c1-8-5-14-10(9(2)12(8)13)6-18(17)7-11(16)15(3)4/h5H,6-7H2,1-4H3,(H2,13,14). The molecular weight excluding hydrogens is 250 g/mol. The first kappa shape index (κ1) is 14.6. The summed E-state index contributed by atoms with van der Waals surface area (Å²) in [5.41, 5.74) is 9.02. The number of amides is 1. The van der Waals surface area contributed by atoms with E-state index in [1.54, 1.807) is 20.3 Å². The lowest BCUT2D eigenvalue weighted by Crippen LogP contribution is -2.27. The number of anilines is 1. The fraction of sp³-hybridized carbons (Fsp3) is 0.500. The van der Waals surface area contributed by atoms with E-state index in [1.165, 1.54) is 4.90 Å². The molecule has 1 aromatic rings. The van der Waals surface area contributed by atoms with Gasteiger partial charge in [-0.05, 0) is 25.0 Å². The molecule has 0 bridgehead atoms. The summed E-state index contributed by atoms with van der Waals surface area (Å²) in [5.74, 6) is 0.128. The number of hydrogen-bond acceptors (Lipinski definition) is 4. The van der Waals surface area contributed by atoms with Gasteiger partial charge in [-0.1, -0.05) is 0 Å². The van der Waals surface area contributed by atoms with Crippen LogP contribution in [0.2, 0.25) is 0 Å². The predicted molar refractivity (Wildman–Crippen MR) is 73.5 cm³/mol. The van der Waals surface area contributed by atoms with Crippen LogP contribution in [0.1, 0.15) is 16.8 Å². The molecule has 2 N–H and O–H groups in total. The molecule has 1 amide bonds. The largest absolute Gasteiger partial charge is 0.398 e. The molecule has 1 aromatic heterocycles. The number of nitrogens with zero attached hydrogens (tertiary/aromatic N) is 2. The van der Waals surface area contributed by atoms with Gasteiger partial charge in [0, 0.05) is 36.8 Å². The first-order chi connectivity index (χ1) is 8.32. The highest BCUT2D eigenvalue weighted by molar-refractivity contribution is 7.84. The van der Waals surface area contributed by atoms with E-state index in [4.69, 9.17) is 5.73 Å². The molecule has 1 heterocycles. The van der Waals surface area contributed by atoms with Crippen LogP contribution in [-0.4, -0.2) is 39.8 Å². The zero-order chi connectivity index (χ0) is 13.9. The Kier molecular flexibility index (Phi) is 4.84. The van der Waals surface area contributed by atoms with Crippen molar-refractivity contribution in [1.29, 1.82) is 0 Å². The first-order valence-corrected chi connectivity index (χ1v) is 7.07. The minimum absolute atomic E-state index is 0.0158. The molecule has 100 valence electrons. The highest BCUT2D eigenvalue weighted by Crippen LogP contribution is 2.18. The number of carbonyl (C=O) groups is 1. The number of carbonyl (C=O) groups excluding carboxylic acids is 1. The van der Waals surface area contributed by atoms with Crippen molar-refractivity contribution in [2.24, 2.45) is 0 Å². The summed E-state index contributed by atoms with van der Waals surface area (Å²) in [6.07, 6.45) is 1.67. The van der Waals surface area contributed by atoms with Gasteiger partial charge in [0.2, 0.25) is 5.91 Å². The molecule has 0 aliphatic rings. The molecule has 1 unspecified atom stereocenters. The number of aryl methyl sites for hydroxylation is 1. The minimum Gasteiger partial charge on any atom is -0.398 e. The van der Waals surface area contributed by atoms with Gasteiger partial charge in [0.1, 0.15) is 5.75 Å². The van der Waals surface area contributed by atoms with E-state index in [0.29, 0.717) is 11.4 Å². The van der Waals surface area contributed by atoms with Gasteiger partial charge in [0.25, 0.3) is 0 Å². The van der Waals surface area contributed by atoms with Crippen LogP contribution in [0.25, 0.3) is 0 Å². The first-order valence-electron chi connectivity index (χ1n) is 5.58. The van der Waals surface area contributed by atoms with Gasteiger partial charge in [-0.15, -0.1) is 0 Å². The maximum Gasteiger partial charge on any atom is 0.234 e. The molecule has 0 saturated carbocycles. The Hall–Kier alpha value is -1.43. The third-order valence-electron chi connectivity index (χ3n) is 2.76. The molecule has 0 radical (unpaired) electrons. The quantitative estimate of drug-likeness (QED) is 0.869. The topological polar surface area (TPSA) is 76.3 Å². The third-order valence-corrected chi connectivity index (χ3v) is 3.92. The molecule has 1 atom stereocenters. The zero-order valence-electron chi connectivity index (χ0n) is 11.2. The fourth-order valence-corrected chi connectivity index (χ4v) is 2.64. The Morgan fingerprint density at radius 1 is 1.44 bits per heavy atom. The van der Waals surface area contributed by atoms with Crippen molar-refractivity contribution < 1.29 is 9.00 Å². The van der Waals surface area contributed by atoms with Gasteiger partial charge in [0.15, 0.2) is 0 Å². The summed E-state index contributed by atoms with van der Waals surface area (Å²) in [4.78, 5) is 17.1. The number of pyridine rings is 1. The minimum atomic E-state index is -1.26. The van der Waals surface area contributed by atoms with Crippen LogP contribution in [0.3, 0.4) is 0 Å². The maximum atomic E-state index is 11.9. The number of hydrogen-bond donors (Lipinski definition) is 1. The third kappa shape index (κ3) is 3.53. The van der Waals surface area contributed by atoms with Crippen LogP contribution >= 0.6 is 0 Å². The zero-order valence-corrected chi connectivity index (χ0v) is 12.0. The van der Waals surface area contributed by atoms with E-state index >= 15 is 0 Å². The molecule has 5 nitrogen and oxygen atoms in total. The molecule has 0 aliphatic carbocycles. The molecule has 0 aliphatic heterocycles. The average molecular weight is 269 g/mol. The van der Waals surface area contributed by atoms with E-state index in [0.717, 1.165) is 11.1 Å². The average Bonchev–Trinajstić information content (AvgIpc) is 2.29. The number of rotatable bonds is 4. The van der Waals surface area contributed by atoms with E-state index in [1.807, 2.05) is 13.8 Å². The molecule has 18 heavy (non-hydrogen) atoms. The monoisotopic (exact) mass is 269 g/mol. The second-order valence-corrected chi connectivity index (χ2v) is 5.90. The molecule has 0 saturated heterocycles. The summed E-state index contributed by atoms with van der Waals surface area (Å²) in [7, 11) is 2.04. The van der Waals surface area contributed by atoms with Crippen LogP contribution in [0, 0.1) is 13.8 Å². The summed E-state index contributed by atoms with van der Waals surface area (Å²) in [6, 6.07) is 0. The SMILES string of the molecule is Cc1cnc(CS(=O)CC(=O)N(C)C)c(C)c1N. The fourth-order valence-electron chi connectivity index (χ4n) is 1.41. The van der Waals surface area contributed by atoms with E-state index in [2.05, 4.69) is 4.98 Å². The Morgan fingerprint density at radius 2 is 2.06 bits per heavy atom. The number of aromatic nitrogens is 1. The molecule has 1 rings (SSSR count). The van der Waals surface area contributed by atoms with Gasteiger partial charge >= 0.3 is 0 Å². The van der Waals surface area contributed by atoms with Crippen LogP contribution in [-0.2, 0) is 21.3 Å². The lowest BCUT2D eigenvalue weighted by Gasteiger charge is -2.11. The second kappa shape index (κ2) is 5.95. The summed E-state index contributed by atoms with van der Waals surface area (Å²) in [6.45, 7) is 3.74. The Bertz CT molecular complexity index is 486. The molecular formula is C12H19N3O2S. The highest BCUT2D eigenvalue weighted by Gasteiger charge is 2.13. The smallest absolute Gasteiger partial charge is 0.234 e. The Morgan fingerprint density at radius 3 is 2.61 bits per heavy atom. The van der Waals surface area contributed by atoms with Crippen molar-refractivity contribution in [3.05, 3.63) is 23.0 Å². The summed E-state index contributed by atoms with van der Waals surface area (Å²) >= 11 is 0. The van der Waals surface area contributed by atoms with Crippen LogP contribution in [0.15, 0.2) is 6.20 Å². The van der Waals surface area contributed by atoms with Crippen LogP contribution in [0.5, 0.6) is 0 Å². The molecule has 0 fully saturated rings. The van der Waals surface area contributed by atoms with Crippen molar-refractivity contribution in [2.75, 3.05) is 25.6 Å². The van der Waals surface area contributed by atoms with E-state index < -0.39 is 10.8 Å². The molecule has 6 heteroatoms. The maximum absolute atomic E-state index is 11.9. The predicted octanol–water partition coefficient (Wildman–Crippen LogP) is 0.618. The van der Waals surface area contributed by atoms with Gasteiger partial charge in [-0.2, -0.15) is 0 Å². The van der Waals surface area contributed by atoms with Crippen molar-refractivity contribution in [3.8, 4) is 0 Å². The Labute approximate surface area is 110 Å². The van der Waals surface area contributed by atoms with Crippen LogP contribution in [0.4, 0.5) is 5.69 Å². The lowest BCUT2D eigenvalue weighted by molar-refractivity contribution is -0.125. The van der Waals surface area contributed by atoms with Gasteiger partial charge in [0.05, 0.1) is 11.4 Å². The normalized spacial score (nSPS) is 12.2. The van der Waals surface area contributed by atoms with Crippen LogP contribution < -0.4 is 5.73 Å². The molecule has 0 aromatic carbocycles. The van der Waals surface area contributed by atoms with E-state index in [-0.39, 0.29) is 17.4 Å². The van der Waals surface area contributed by atoms with Gasteiger partial charge < -0.3 is 10.6 Å².